The lowest BCUT2D eigenvalue weighted by Crippen LogP contribution is -2.60. The summed E-state index contributed by atoms with van der Waals surface area (Å²) < 4.78 is 29.4. The smallest absolute Gasteiger partial charge is 0.252 e. The van der Waals surface area contributed by atoms with Gasteiger partial charge in [-0.1, -0.05) is 0 Å². The van der Waals surface area contributed by atoms with Crippen LogP contribution < -0.4 is 16.0 Å². The second kappa shape index (κ2) is 9.87. The van der Waals surface area contributed by atoms with Crippen LogP contribution in [0.1, 0.15) is 45.0 Å². The van der Waals surface area contributed by atoms with Crippen molar-refractivity contribution in [2.24, 2.45) is 0 Å². The molecule has 3 aliphatic rings. The summed E-state index contributed by atoms with van der Waals surface area (Å²) in [6.45, 7) is 7.70. The van der Waals surface area contributed by atoms with Crippen LogP contribution in [0.5, 0.6) is 0 Å². The molecule has 3 aliphatic heterocycles. The van der Waals surface area contributed by atoms with Gasteiger partial charge in [0.05, 0.1) is 13.1 Å². The van der Waals surface area contributed by atoms with Gasteiger partial charge in [-0.3, -0.25) is 19.2 Å². The molecule has 196 valence electrons. The van der Waals surface area contributed by atoms with Crippen LogP contribution in [0.25, 0.3) is 0 Å². The fourth-order valence-corrected chi connectivity index (χ4v) is 4.33. The summed E-state index contributed by atoms with van der Waals surface area (Å²) in [5.41, 5.74) is 1.01. The molecule has 1 aromatic rings. The fourth-order valence-electron chi connectivity index (χ4n) is 4.33. The highest BCUT2D eigenvalue weighted by Crippen LogP contribution is 2.44. The monoisotopic (exact) mass is 505 g/mol. The number of benzene rings is 1. The van der Waals surface area contributed by atoms with Gasteiger partial charge in [0.2, 0.25) is 11.8 Å². The number of Topliss-reactive ketones (excluding diaryl/α,β-unsaturated/α-hetero) is 1. The number of nitrogens with one attached hydrogen (secondary N) is 3. The Balaban J connectivity index is 1.27. The summed E-state index contributed by atoms with van der Waals surface area (Å²) in [7, 11) is 0. The van der Waals surface area contributed by atoms with Crippen molar-refractivity contribution >= 4 is 29.2 Å². The molecule has 3 fully saturated rings. The molecule has 0 saturated carbocycles. The van der Waals surface area contributed by atoms with E-state index in [9.17, 15) is 19.2 Å². The van der Waals surface area contributed by atoms with Crippen molar-refractivity contribution in [2.45, 2.75) is 76.9 Å². The minimum absolute atomic E-state index is 0.0835. The number of anilines is 1. The van der Waals surface area contributed by atoms with Gasteiger partial charge in [0, 0.05) is 11.3 Å². The van der Waals surface area contributed by atoms with Crippen LogP contribution in [0, 0.1) is 0 Å². The lowest BCUT2D eigenvalue weighted by molar-refractivity contribution is -0.231. The predicted octanol–water partition coefficient (Wildman–Crippen LogP) is 0.457. The molecule has 4 rings (SSSR count). The van der Waals surface area contributed by atoms with Gasteiger partial charge in [-0.15, -0.1) is 0 Å². The van der Waals surface area contributed by atoms with Gasteiger partial charge in [0.15, 0.2) is 29.8 Å². The van der Waals surface area contributed by atoms with Crippen molar-refractivity contribution < 1.29 is 42.9 Å². The normalized spacial score (nSPS) is 29.5. The first-order valence-electron chi connectivity index (χ1n) is 11.7. The number of rotatable bonds is 7. The van der Waals surface area contributed by atoms with E-state index in [1.165, 1.54) is 6.92 Å². The van der Waals surface area contributed by atoms with E-state index < -0.39 is 60.0 Å². The van der Waals surface area contributed by atoms with E-state index in [2.05, 4.69) is 16.0 Å². The van der Waals surface area contributed by atoms with Gasteiger partial charge in [-0.2, -0.15) is 0 Å². The molecule has 0 aromatic heterocycles. The molecule has 5 unspecified atom stereocenters. The van der Waals surface area contributed by atoms with Gasteiger partial charge in [0.25, 0.3) is 5.91 Å². The molecule has 3 amide bonds. The lowest BCUT2D eigenvalue weighted by Gasteiger charge is -2.36. The van der Waals surface area contributed by atoms with Crippen LogP contribution in [0.4, 0.5) is 5.69 Å². The third-order valence-electron chi connectivity index (χ3n) is 5.86. The molecule has 12 heteroatoms. The largest absolute Gasteiger partial charge is 0.345 e. The Morgan fingerprint density at radius 3 is 2.03 bits per heavy atom. The van der Waals surface area contributed by atoms with Crippen LogP contribution in [0.2, 0.25) is 0 Å². The van der Waals surface area contributed by atoms with Crippen LogP contribution >= 0.6 is 0 Å². The summed E-state index contributed by atoms with van der Waals surface area (Å²) in [6, 6.07) is 6.37. The van der Waals surface area contributed by atoms with Crippen LogP contribution in [-0.2, 0) is 38.1 Å². The van der Waals surface area contributed by atoms with Crippen LogP contribution in [0.3, 0.4) is 0 Å². The Labute approximate surface area is 208 Å². The molecule has 5 atom stereocenters. The number of ketones is 1. The van der Waals surface area contributed by atoms with E-state index in [1.807, 2.05) is 0 Å². The first-order valence-corrected chi connectivity index (χ1v) is 11.7. The lowest BCUT2D eigenvalue weighted by atomic mass is 9.98. The van der Waals surface area contributed by atoms with E-state index in [-0.39, 0.29) is 18.9 Å². The first kappa shape index (κ1) is 26.2. The van der Waals surface area contributed by atoms with E-state index in [0.717, 1.165) is 0 Å². The Morgan fingerprint density at radius 1 is 0.778 bits per heavy atom. The van der Waals surface area contributed by atoms with E-state index in [4.69, 9.17) is 23.7 Å². The van der Waals surface area contributed by atoms with Crippen molar-refractivity contribution in [3.8, 4) is 0 Å². The summed E-state index contributed by atoms with van der Waals surface area (Å²) >= 11 is 0. The highest BCUT2D eigenvalue weighted by atomic mass is 16.9. The number of carbonyl (C=O) groups excluding carboxylic acids is 4. The minimum atomic E-state index is -1.09. The maximum Gasteiger partial charge on any atom is 0.252 e. The average Bonchev–Trinajstić information content (AvgIpc) is 3.29. The zero-order chi connectivity index (χ0) is 26.3. The molecule has 3 N–H and O–H groups in total. The molecule has 1 aromatic carbocycles. The molecular formula is C24H31N3O9. The fraction of sp³-hybridized carbons (Fsp3) is 0.583. The second-order valence-corrected chi connectivity index (χ2v) is 9.77. The molecule has 0 radical (unpaired) electrons. The van der Waals surface area contributed by atoms with Gasteiger partial charge < -0.3 is 39.6 Å². The SMILES string of the molecule is CC(=O)c1ccc(NC(=O)CNC(=O)CNC(=O)C2OC3OC(C)(C)OC3C3OC(C)(C)OC23)cc1. The quantitative estimate of drug-likeness (QED) is 0.449. The average molecular weight is 506 g/mol. The molecule has 0 spiro atoms. The second-order valence-electron chi connectivity index (χ2n) is 9.77. The molecule has 12 nitrogen and oxygen atoms in total. The van der Waals surface area contributed by atoms with Gasteiger partial charge in [0.1, 0.15) is 18.3 Å². The predicted molar refractivity (Wildman–Crippen MR) is 124 cm³/mol. The third-order valence-corrected chi connectivity index (χ3v) is 5.86. The minimum Gasteiger partial charge on any atom is -0.345 e. The Hall–Kier alpha value is -2.90. The highest BCUT2D eigenvalue weighted by molar-refractivity contribution is 5.97. The van der Waals surface area contributed by atoms with Crippen molar-refractivity contribution in [2.75, 3.05) is 18.4 Å². The zero-order valence-corrected chi connectivity index (χ0v) is 20.8. The Kier molecular flexibility index (Phi) is 7.17. The summed E-state index contributed by atoms with van der Waals surface area (Å²) in [5.74, 6) is -3.57. The standard InChI is InChI=1S/C24H31N3O9/c1-12(28)13-6-8-14(9-7-13)27-16(30)11-25-15(29)10-26-21(31)19-17-18(34-23(2,3)33-17)20-22(32-19)36-24(4,5)35-20/h6-9,17-20,22H,10-11H2,1-5H3,(H,25,29)(H,26,31)(H,27,30). The van der Waals surface area contributed by atoms with Crippen LogP contribution in [-0.4, -0.2) is 78.9 Å². The molecular weight excluding hydrogens is 474 g/mol. The number of fused-ring (bicyclic) bond motifs is 3. The van der Waals surface area contributed by atoms with Gasteiger partial charge >= 0.3 is 0 Å². The number of carbonyl (C=O) groups is 4. The van der Waals surface area contributed by atoms with Crippen molar-refractivity contribution in [1.29, 1.82) is 0 Å². The Morgan fingerprint density at radius 2 is 1.36 bits per heavy atom. The zero-order valence-electron chi connectivity index (χ0n) is 20.8. The number of amides is 3. The van der Waals surface area contributed by atoms with E-state index >= 15 is 0 Å². The van der Waals surface area contributed by atoms with E-state index in [1.54, 1.807) is 52.0 Å². The number of ether oxygens (including phenoxy) is 5. The maximum atomic E-state index is 12.9. The van der Waals surface area contributed by atoms with Crippen molar-refractivity contribution in [3.63, 3.8) is 0 Å². The maximum absolute atomic E-state index is 12.9. The molecule has 3 heterocycles. The van der Waals surface area contributed by atoms with Crippen molar-refractivity contribution in [1.82, 2.24) is 10.6 Å². The van der Waals surface area contributed by atoms with Crippen LogP contribution in [0.15, 0.2) is 24.3 Å². The molecule has 0 aliphatic carbocycles. The molecule has 3 saturated heterocycles. The third kappa shape index (κ3) is 5.90. The van der Waals surface area contributed by atoms with E-state index in [0.29, 0.717) is 11.3 Å². The topological polar surface area (TPSA) is 151 Å². The summed E-state index contributed by atoms with van der Waals surface area (Å²) in [5, 5.41) is 7.56. The summed E-state index contributed by atoms with van der Waals surface area (Å²) in [6.07, 6.45) is -3.86. The van der Waals surface area contributed by atoms with Gasteiger partial charge in [-0.05, 0) is 58.9 Å². The highest BCUT2D eigenvalue weighted by Gasteiger charge is 2.62. The Bertz CT molecular complexity index is 1040. The molecule has 36 heavy (non-hydrogen) atoms. The van der Waals surface area contributed by atoms with Crippen molar-refractivity contribution in [3.05, 3.63) is 29.8 Å². The molecule has 0 bridgehead atoms. The van der Waals surface area contributed by atoms with Gasteiger partial charge in [-0.25, -0.2) is 0 Å². The first-order chi connectivity index (χ1) is 16.8. The number of hydrogen-bond acceptors (Lipinski definition) is 9. The summed E-state index contributed by atoms with van der Waals surface area (Å²) in [4.78, 5) is 48.6. The number of hydrogen-bond donors (Lipinski definition) is 3.